The molecule has 3 fully saturated rings. The van der Waals surface area contributed by atoms with Crippen LogP contribution in [0.5, 0.6) is 0 Å². The van der Waals surface area contributed by atoms with E-state index in [1.54, 1.807) is 0 Å². The lowest BCUT2D eigenvalue weighted by molar-refractivity contribution is -0.141. The van der Waals surface area contributed by atoms with E-state index in [2.05, 4.69) is 12.2 Å². The Balaban J connectivity index is 1.88. The van der Waals surface area contributed by atoms with Gasteiger partial charge in [-0.1, -0.05) is 19.8 Å². The summed E-state index contributed by atoms with van der Waals surface area (Å²) in [5, 5.41) is 2.99. The second kappa shape index (κ2) is 2.75. The number of carbonyl (C=O) groups is 1. The van der Waals surface area contributed by atoms with Crippen LogP contribution in [0.3, 0.4) is 0 Å². The van der Waals surface area contributed by atoms with Crippen LogP contribution in [0.4, 0.5) is 0 Å². The summed E-state index contributed by atoms with van der Waals surface area (Å²) in [7, 11) is 0. The van der Waals surface area contributed by atoms with E-state index < -0.39 is 0 Å². The molecule has 1 amide bonds. The van der Waals surface area contributed by atoms with E-state index in [1.807, 2.05) is 0 Å². The minimum absolute atomic E-state index is 0.299. The van der Waals surface area contributed by atoms with Gasteiger partial charge in [0.1, 0.15) is 0 Å². The molecule has 2 heterocycles. The Morgan fingerprint density at radius 2 is 2.33 bits per heavy atom. The van der Waals surface area contributed by atoms with Crippen molar-refractivity contribution < 1.29 is 4.79 Å². The minimum atomic E-state index is 0.299. The molecule has 0 unspecified atom stereocenters. The van der Waals surface area contributed by atoms with Crippen LogP contribution >= 0.6 is 0 Å². The second-order valence-corrected chi connectivity index (χ2v) is 4.43. The van der Waals surface area contributed by atoms with Crippen LogP contribution < -0.4 is 5.32 Å². The van der Waals surface area contributed by atoms with Gasteiger partial charge >= 0.3 is 0 Å². The third-order valence-corrected chi connectivity index (χ3v) is 3.43. The van der Waals surface area contributed by atoms with E-state index in [4.69, 9.17) is 0 Å². The summed E-state index contributed by atoms with van der Waals surface area (Å²) in [6.45, 7) is 3.18. The van der Waals surface area contributed by atoms with Gasteiger partial charge in [0.15, 0.2) is 0 Å². The number of unbranched alkanes of at least 4 members (excludes halogenated alkanes) is 1. The average Bonchev–Trinajstić information content (AvgIpc) is 2.01. The molecule has 2 bridgehead atoms. The van der Waals surface area contributed by atoms with Crippen LogP contribution in [0.2, 0.25) is 0 Å². The fraction of sp³-hybridized carbons (Fsp3) is 0.900. The topological polar surface area (TPSA) is 29.1 Å². The van der Waals surface area contributed by atoms with Crippen molar-refractivity contribution in [3.05, 3.63) is 0 Å². The first kappa shape index (κ1) is 8.09. The van der Waals surface area contributed by atoms with Crippen molar-refractivity contribution in [1.29, 1.82) is 0 Å². The number of piperidine rings is 2. The van der Waals surface area contributed by atoms with Crippen molar-refractivity contribution >= 4 is 5.91 Å². The molecule has 12 heavy (non-hydrogen) atoms. The Bertz CT molecular complexity index is 189. The Morgan fingerprint density at radius 3 is 2.83 bits per heavy atom. The highest BCUT2D eigenvalue weighted by molar-refractivity contribution is 5.81. The summed E-state index contributed by atoms with van der Waals surface area (Å²) in [5.74, 6) is 0.670. The lowest BCUT2D eigenvalue weighted by Crippen LogP contribution is -2.57. The van der Waals surface area contributed by atoms with Gasteiger partial charge in [0.25, 0.3) is 0 Å². The predicted molar refractivity (Wildman–Crippen MR) is 47.7 cm³/mol. The molecule has 0 spiro atoms. The number of hydrogen-bond acceptors (Lipinski definition) is 1. The molecule has 3 aliphatic rings. The van der Waals surface area contributed by atoms with E-state index in [-0.39, 0.29) is 0 Å². The molecular weight excluding hydrogens is 150 g/mol. The van der Waals surface area contributed by atoms with E-state index in [1.165, 1.54) is 32.1 Å². The van der Waals surface area contributed by atoms with Crippen LogP contribution in [0.25, 0.3) is 0 Å². The minimum Gasteiger partial charge on any atom is -0.355 e. The van der Waals surface area contributed by atoms with Crippen LogP contribution in [0.1, 0.15) is 39.0 Å². The molecule has 1 aliphatic carbocycles. The standard InChI is InChI=1S/C10H17NO/c1-2-3-4-10-5-8(6-10)9(12)11-7-10/h8H,2-7H2,1H3,(H,11,12). The molecule has 0 aromatic carbocycles. The first-order valence-electron chi connectivity index (χ1n) is 5.03. The Kier molecular flexibility index (Phi) is 1.85. The normalized spacial score (nSPS) is 38.8. The van der Waals surface area contributed by atoms with Gasteiger partial charge in [-0.3, -0.25) is 4.79 Å². The molecule has 0 aromatic rings. The zero-order valence-electron chi connectivity index (χ0n) is 7.73. The van der Waals surface area contributed by atoms with Crippen LogP contribution in [-0.4, -0.2) is 12.5 Å². The van der Waals surface area contributed by atoms with Crippen LogP contribution in [0, 0.1) is 11.3 Å². The predicted octanol–water partition coefficient (Wildman–Crippen LogP) is 1.70. The van der Waals surface area contributed by atoms with Crippen molar-refractivity contribution in [3.63, 3.8) is 0 Å². The third kappa shape index (κ3) is 1.13. The summed E-state index contributed by atoms with van der Waals surface area (Å²) in [5.41, 5.74) is 0.522. The fourth-order valence-electron chi connectivity index (χ4n) is 2.58. The maximum Gasteiger partial charge on any atom is 0.223 e. The first-order chi connectivity index (χ1) is 5.76. The average molecular weight is 167 g/mol. The second-order valence-electron chi connectivity index (χ2n) is 4.43. The van der Waals surface area contributed by atoms with Gasteiger partial charge in [-0.25, -0.2) is 0 Å². The number of amides is 1. The fourth-order valence-corrected chi connectivity index (χ4v) is 2.58. The maximum absolute atomic E-state index is 11.1. The number of carbonyl (C=O) groups excluding carboxylic acids is 1. The number of fused-ring (bicyclic) bond motifs is 2. The largest absolute Gasteiger partial charge is 0.355 e. The Hall–Kier alpha value is -0.530. The zero-order chi connectivity index (χ0) is 8.60. The highest BCUT2D eigenvalue weighted by Gasteiger charge is 2.50. The molecule has 3 rings (SSSR count). The highest BCUT2D eigenvalue weighted by atomic mass is 16.2. The SMILES string of the molecule is CCCCC12CNC(=O)C(C1)C2. The van der Waals surface area contributed by atoms with Crippen molar-refractivity contribution in [2.75, 3.05) is 6.54 Å². The summed E-state index contributed by atoms with van der Waals surface area (Å²) in [6.07, 6.45) is 6.25. The molecule has 68 valence electrons. The molecule has 1 saturated carbocycles. The van der Waals surface area contributed by atoms with Gasteiger partial charge in [-0.15, -0.1) is 0 Å². The summed E-state index contributed by atoms with van der Waals surface area (Å²) >= 11 is 0. The number of hydrogen-bond donors (Lipinski definition) is 1. The van der Waals surface area contributed by atoms with E-state index in [9.17, 15) is 4.79 Å². The first-order valence-corrected chi connectivity index (χ1v) is 5.03. The van der Waals surface area contributed by atoms with Crippen LogP contribution in [-0.2, 0) is 4.79 Å². The van der Waals surface area contributed by atoms with Crippen molar-refractivity contribution in [1.82, 2.24) is 5.32 Å². The van der Waals surface area contributed by atoms with E-state index >= 15 is 0 Å². The van der Waals surface area contributed by atoms with E-state index in [0.29, 0.717) is 17.2 Å². The molecule has 2 nitrogen and oxygen atoms in total. The number of nitrogens with one attached hydrogen (secondary N) is 1. The molecule has 2 aliphatic heterocycles. The summed E-state index contributed by atoms with van der Waals surface area (Å²) in [4.78, 5) is 11.1. The number of rotatable bonds is 3. The third-order valence-electron chi connectivity index (χ3n) is 3.43. The summed E-state index contributed by atoms with van der Waals surface area (Å²) < 4.78 is 0. The Labute approximate surface area is 73.7 Å². The van der Waals surface area contributed by atoms with E-state index in [0.717, 1.165) is 6.54 Å². The molecular formula is C10H17NO. The van der Waals surface area contributed by atoms with Gasteiger partial charge in [-0.2, -0.15) is 0 Å². The van der Waals surface area contributed by atoms with Gasteiger partial charge < -0.3 is 5.32 Å². The van der Waals surface area contributed by atoms with Crippen molar-refractivity contribution in [2.45, 2.75) is 39.0 Å². The highest BCUT2D eigenvalue weighted by Crippen LogP contribution is 2.51. The van der Waals surface area contributed by atoms with Gasteiger partial charge in [0, 0.05) is 12.5 Å². The Morgan fingerprint density at radius 1 is 1.58 bits per heavy atom. The zero-order valence-corrected chi connectivity index (χ0v) is 7.73. The molecule has 2 saturated heterocycles. The van der Waals surface area contributed by atoms with Crippen molar-refractivity contribution in [2.24, 2.45) is 11.3 Å². The smallest absolute Gasteiger partial charge is 0.223 e. The quantitative estimate of drug-likeness (QED) is 0.681. The van der Waals surface area contributed by atoms with Gasteiger partial charge in [-0.05, 0) is 24.7 Å². The summed E-state index contributed by atoms with van der Waals surface area (Å²) in [6, 6.07) is 0. The molecule has 0 aromatic heterocycles. The molecule has 1 N–H and O–H groups in total. The van der Waals surface area contributed by atoms with Gasteiger partial charge in [0.05, 0.1) is 0 Å². The van der Waals surface area contributed by atoms with Crippen molar-refractivity contribution in [3.8, 4) is 0 Å². The lowest BCUT2D eigenvalue weighted by atomic mass is 9.57. The molecule has 2 heteroatoms. The monoisotopic (exact) mass is 167 g/mol. The lowest BCUT2D eigenvalue weighted by Gasteiger charge is -2.51. The molecule has 0 atom stereocenters. The van der Waals surface area contributed by atoms with Gasteiger partial charge in [0.2, 0.25) is 5.91 Å². The van der Waals surface area contributed by atoms with Crippen LogP contribution in [0.15, 0.2) is 0 Å². The molecule has 0 radical (unpaired) electrons. The maximum atomic E-state index is 11.1.